The van der Waals surface area contributed by atoms with Crippen molar-refractivity contribution in [3.63, 3.8) is 0 Å². The highest BCUT2D eigenvalue weighted by molar-refractivity contribution is 6.01. The van der Waals surface area contributed by atoms with Gasteiger partial charge in [-0.2, -0.15) is 0 Å². The van der Waals surface area contributed by atoms with Crippen molar-refractivity contribution in [2.24, 2.45) is 0 Å². The number of carbonyl (C=O) groups is 3. The number of ether oxygens (including phenoxy) is 2. The molecule has 3 amide bonds. The number of rotatable bonds is 8. The summed E-state index contributed by atoms with van der Waals surface area (Å²) in [5.41, 5.74) is 1.27. The van der Waals surface area contributed by atoms with E-state index in [9.17, 15) is 14.4 Å². The topological polar surface area (TPSA) is 106 Å². The number of hydrogen-bond donors (Lipinski definition) is 3. The minimum Gasteiger partial charge on any atom is -0.497 e. The highest BCUT2D eigenvalue weighted by Gasteiger charge is 2.23. The Bertz CT molecular complexity index is 902. The van der Waals surface area contributed by atoms with Crippen molar-refractivity contribution in [1.29, 1.82) is 0 Å². The molecular formula is C21H23N3O5. The van der Waals surface area contributed by atoms with E-state index in [-0.39, 0.29) is 18.5 Å². The first-order chi connectivity index (χ1) is 14.0. The summed E-state index contributed by atoms with van der Waals surface area (Å²) < 4.78 is 10.3. The second kappa shape index (κ2) is 9.09. The lowest BCUT2D eigenvalue weighted by atomic mass is 10.2. The molecule has 0 unspecified atom stereocenters. The Hall–Kier alpha value is -3.55. The van der Waals surface area contributed by atoms with E-state index >= 15 is 0 Å². The van der Waals surface area contributed by atoms with Crippen LogP contribution >= 0.6 is 0 Å². The number of hydrogen-bond acceptors (Lipinski definition) is 5. The maximum atomic E-state index is 12.3. The van der Waals surface area contributed by atoms with Gasteiger partial charge in [0.25, 0.3) is 11.8 Å². The van der Waals surface area contributed by atoms with Gasteiger partial charge in [-0.25, -0.2) is 0 Å². The van der Waals surface area contributed by atoms with Crippen molar-refractivity contribution in [2.75, 3.05) is 26.1 Å². The number of benzene rings is 2. The van der Waals surface area contributed by atoms with Crippen LogP contribution in [0.1, 0.15) is 33.6 Å². The van der Waals surface area contributed by atoms with Crippen molar-refractivity contribution >= 4 is 23.4 Å². The van der Waals surface area contributed by atoms with E-state index in [1.54, 1.807) is 42.5 Å². The van der Waals surface area contributed by atoms with Gasteiger partial charge in [-0.15, -0.1) is 0 Å². The third-order valence-corrected chi connectivity index (χ3v) is 4.34. The molecule has 0 aromatic heterocycles. The Morgan fingerprint density at radius 2 is 1.62 bits per heavy atom. The number of carbonyl (C=O) groups excluding carboxylic acids is 3. The Morgan fingerprint density at radius 1 is 0.931 bits per heavy atom. The summed E-state index contributed by atoms with van der Waals surface area (Å²) in [4.78, 5) is 36.6. The molecule has 3 rings (SSSR count). The first kappa shape index (κ1) is 20.2. The van der Waals surface area contributed by atoms with Gasteiger partial charge >= 0.3 is 0 Å². The molecule has 8 heteroatoms. The Labute approximate surface area is 168 Å². The van der Waals surface area contributed by atoms with Crippen molar-refractivity contribution in [1.82, 2.24) is 10.6 Å². The maximum absolute atomic E-state index is 12.3. The van der Waals surface area contributed by atoms with Crippen LogP contribution in [0.3, 0.4) is 0 Å². The number of nitrogens with one attached hydrogen (secondary N) is 3. The molecule has 0 heterocycles. The van der Waals surface area contributed by atoms with Gasteiger partial charge in [-0.1, -0.05) is 6.07 Å². The molecule has 0 aliphatic heterocycles. The molecule has 0 saturated heterocycles. The SMILES string of the molecule is COc1cc(OC)cc(C(=O)NCC(=O)Nc2cccc(C(=O)NC3CC3)c2)c1. The van der Waals surface area contributed by atoms with E-state index in [2.05, 4.69) is 16.0 Å². The minimum absolute atomic E-state index is 0.163. The predicted octanol–water partition coefficient (Wildman–Crippen LogP) is 1.96. The van der Waals surface area contributed by atoms with Gasteiger partial charge in [0.2, 0.25) is 5.91 Å². The van der Waals surface area contributed by atoms with Crippen LogP contribution in [0.25, 0.3) is 0 Å². The molecule has 1 saturated carbocycles. The lowest BCUT2D eigenvalue weighted by Gasteiger charge is -2.10. The zero-order valence-electron chi connectivity index (χ0n) is 16.3. The summed E-state index contributed by atoms with van der Waals surface area (Å²) >= 11 is 0. The van der Waals surface area contributed by atoms with Gasteiger partial charge in [0.15, 0.2) is 0 Å². The Kier molecular flexibility index (Phi) is 6.33. The largest absolute Gasteiger partial charge is 0.497 e. The second-order valence-corrected chi connectivity index (χ2v) is 6.66. The smallest absolute Gasteiger partial charge is 0.251 e. The first-order valence-electron chi connectivity index (χ1n) is 9.20. The molecule has 152 valence electrons. The molecule has 0 spiro atoms. The fourth-order valence-corrected chi connectivity index (χ4v) is 2.64. The van der Waals surface area contributed by atoms with E-state index in [0.717, 1.165) is 12.8 Å². The highest BCUT2D eigenvalue weighted by Crippen LogP contribution is 2.22. The third kappa shape index (κ3) is 5.71. The highest BCUT2D eigenvalue weighted by atomic mass is 16.5. The third-order valence-electron chi connectivity index (χ3n) is 4.34. The van der Waals surface area contributed by atoms with Crippen molar-refractivity contribution in [2.45, 2.75) is 18.9 Å². The van der Waals surface area contributed by atoms with Crippen LogP contribution in [0.4, 0.5) is 5.69 Å². The summed E-state index contributed by atoms with van der Waals surface area (Å²) in [5, 5.41) is 8.13. The van der Waals surface area contributed by atoms with Crippen LogP contribution in [-0.2, 0) is 4.79 Å². The summed E-state index contributed by atoms with van der Waals surface area (Å²) in [6.07, 6.45) is 2.00. The monoisotopic (exact) mass is 397 g/mol. The van der Waals surface area contributed by atoms with Gasteiger partial charge in [0, 0.05) is 28.9 Å². The molecule has 1 aliphatic carbocycles. The van der Waals surface area contributed by atoms with E-state index in [1.165, 1.54) is 14.2 Å². The van der Waals surface area contributed by atoms with Gasteiger partial charge < -0.3 is 25.4 Å². The van der Waals surface area contributed by atoms with E-state index < -0.39 is 11.8 Å². The molecule has 3 N–H and O–H groups in total. The van der Waals surface area contributed by atoms with E-state index in [1.807, 2.05) is 0 Å². The molecule has 29 heavy (non-hydrogen) atoms. The lowest BCUT2D eigenvalue weighted by molar-refractivity contribution is -0.115. The predicted molar refractivity (Wildman–Crippen MR) is 107 cm³/mol. The zero-order valence-corrected chi connectivity index (χ0v) is 16.3. The van der Waals surface area contributed by atoms with Crippen LogP contribution in [0.15, 0.2) is 42.5 Å². The number of amides is 3. The molecule has 2 aromatic rings. The minimum atomic E-state index is -0.435. The van der Waals surface area contributed by atoms with Crippen molar-refractivity contribution < 1.29 is 23.9 Å². The Balaban J connectivity index is 1.56. The van der Waals surface area contributed by atoms with E-state index in [0.29, 0.717) is 28.3 Å². The fraction of sp³-hybridized carbons (Fsp3) is 0.286. The lowest BCUT2D eigenvalue weighted by Crippen LogP contribution is -2.33. The zero-order chi connectivity index (χ0) is 20.8. The van der Waals surface area contributed by atoms with Crippen LogP contribution in [-0.4, -0.2) is 44.5 Å². The van der Waals surface area contributed by atoms with Crippen molar-refractivity contribution in [3.8, 4) is 11.5 Å². The van der Waals surface area contributed by atoms with Gasteiger partial charge in [0.1, 0.15) is 11.5 Å². The van der Waals surface area contributed by atoms with Crippen LogP contribution in [0, 0.1) is 0 Å². The number of methoxy groups -OCH3 is 2. The molecule has 0 bridgehead atoms. The molecule has 1 fully saturated rings. The van der Waals surface area contributed by atoms with Gasteiger partial charge in [-0.3, -0.25) is 14.4 Å². The normalized spacial score (nSPS) is 12.6. The maximum Gasteiger partial charge on any atom is 0.251 e. The number of anilines is 1. The average Bonchev–Trinajstić information content (AvgIpc) is 3.55. The summed E-state index contributed by atoms with van der Waals surface area (Å²) in [7, 11) is 2.98. The van der Waals surface area contributed by atoms with Gasteiger partial charge in [-0.05, 0) is 43.2 Å². The Morgan fingerprint density at radius 3 is 2.24 bits per heavy atom. The van der Waals surface area contributed by atoms with Crippen LogP contribution in [0.5, 0.6) is 11.5 Å². The first-order valence-corrected chi connectivity index (χ1v) is 9.20. The second-order valence-electron chi connectivity index (χ2n) is 6.66. The molecule has 0 atom stereocenters. The van der Waals surface area contributed by atoms with Gasteiger partial charge in [0.05, 0.1) is 20.8 Å². The molecular weight excluding hydrogens is 374 g/mol. The molecule has 2 aromatic carbocycles. The quantitative estimate of drug-likeness (QED) is 0.632. The van der Waals surface area contributed by atoms with Crippen molar-refractivity contribution in [3.05, 3.63) is 53.6 Å². The average molecular weight is 397 g/mol. The summed E-state index contributed by atoms with van der Waals surface area (Å²) in [6.45, 7) is -0.225. The van der Waals surface area contributed by atoms with Crippen LogP contribution in [0.2, 0.25) is 0 Å². The molecule has 1 aliphatic rings. The summed E-state index contributed by atoms with van der Waals surface area (Å²) in [6, 6.07) is 11.7. The molecule has 0 radical (unpaired) electrons. The van der Waals surface area contributed by atoms with Crippen LogP contribution < -0.4 is 25.4 Å². The molecule has 8 nitrogen and oxygen atoms in total. The summed E-state index contributed by atoms with van der Waals surface area (Å²) in [5.74, 6) is -0.0628. The standard InChI is InChI=1S/C21H23N3O5/c1-28-17-9-14(10-18(11-17)29-2)20(26)22-12-19(25)23-16-5-3-4-13(8-16)21(27)24-15-6-7-15/h3-5,8-11,15H,6-7,12H2,1-2H3,(H,22,26)(H,23,25)(H,24,27). The fourth-order valence-electron chi connectivity index (χ4n) is 2.64. The van der Waals surface area contributed by atoms with E-state index in [4.69, 9.17) is 9.47 Å².